The van der Waals surface area contributed by atoms with E-state index in [1.54, 1.807) is 0 Å². The number of carbonyl (C=O) groups excluding carboxylic acids is 2. The summed E-state index contributed by atoms with van der Waals surface area (Å²) in [5.74, 6) is 1.02. The fourth-order valence-electron chi connectivity index (χ4n) is 3.22. The van der Waals surface area contributed by atoms with E-state index in [2.05, 4.69) is 15.9 Å². The Balaban J connectivity index is 1.39. The Morgan fingerprint density at radius 2 is 1.61 bits per heavy atom. The van der Waals surface area contributed by atoms with E-state index in [0.29, 0.717) is 51.2 Å². The van der Waals surface area contributed by atoms with Gasteiger partial charge in [0.15, 0.2) is 0 Å². The van der Waals surface area contributed by atoms with Gasteiger partial charge in [-0.3, -0.25) is 9.59 Å². The number of halogens is 1. The van der Waals surface area contributed by atoms with Gasteiger partial charge < -0.3 is 14.5 Å². The van der Waals surface area contributed by atoms with Crippen molar-refractivity contribution < 1.29 is 14.3 Å². The Bertz CT molecular complexity index is 815. The Hall–Kier alpha value is -2.34. The van der Waals surface area contributed by atoms with Crippen LogP contribution in [0.1, 0.15) is 28.8 Å². The van der Waals surface area contributed by atoms with Crippen molar-refractivity contribution in [1.82, 2.24) is 9.80 Å². The molecule has 2 aromatic carbocycles. The maximum Gasteiger partial charge on any atom is 0.253 e. The predicted molar refractivity (Wildman–Crippen MR) is 113 cm³/mol. The van der Waals surface area contributed by atoms with E-state index >= 15 is 0 Å². The highest BCUT2D eigenvalue weighted by Crippen LogP contribution is 2.17. The summed E-state index contributed by atoms with van der Waals surface area (Å²) in [7, 11) is 0. The van der Waals surface area contributed by atoms with E-state index in [0.717, 1.165) is 15.8 Å². The molecule has 0 atom stereocenters. The van der Waals surface area contributed by atoms with Crippen molar-refractivity contribution in [3.63, 3.8) is 0 Å². The first-order valence-electron chi connectivity index (χ1n) is 9.55. The van der Waals surface area contributed by atoms with E-state index in [4.69, 9.17) is 4.74 Å². The standard InChI is InChI=1S/C22H25BrN2O3/c1-17-5-2-3-6-20(17)28-16-4-7-21(26)24-12-14-25(15-13-24)22(27)18-8-10-19(23)11-9-18/h2-3,5-6,8-11H,4,7,12-16H2,1H3. The molecule has 2 amide bonds. The number of para-hydroxylation sites is 1. The Kier molecular flexibility index (Phi) is 7.09. The Morgan fingerprint density at radius 1 is 0.964 bits per heavy atom. The minimum Gasteiger partial charge on any atom is -0.493 e. The number of hydrogen-bond donors (Lipinski definition) is 0. The minimum absolute atomic E-state index is 0.0197. The third kappa shape index (κ3) is 5.35. The van der Waals surface area contributed by atoms with Crippen LogP contribution in [0.25, 0.3) is 0 Å². The van der Waals surface area contributed by atoms with Crippen LogP contribution in [0, 0.1) is 6.92 Å². The molecule has 0 radical (unpaired) electrons. The molecule has 1 saturated heterocycles. The second-order valence-electron chi connectivity index (χ2n) is 6.90. The fourth-order valence-corrected chi connectivity index (χ4v) is 3.48. The van der Waals surface area contributed by atoms with Crippen LogP contribution in [-0.4, -0.2) is 54.4 Å². The number of ether oxygens (including phenoxy) is 1. The summed E-state index contributed by atoms with van der Waals surface area (Å²) in [5, 5.41) is 0. The van der Waals surface area contributed by atoms with Gasteiger partial charge in [-0.25, -0.2) is 0 Å². The number of carbonyl (C=O) groups is 2. The van der Waals surface area contributed by atoms with Crippen LogP contribution in [0.15, 0.2) is 53.0 Å². The van der Waals surface area contributed by atoms with Crippen LogP contribution >= 0.6 is 15.9 Å². The summed E-state index contributed by atoms with van der Waals surface area (Å²) >= 11 is 3.38. The average molecular weight is 445 g/mol. The van der Waals surface area contributed by atoms with Gasteiger partial charge in [-0.15, -0.1) is 0 Å². The van der Waals surface area contributed by atoms with E-state index in [-0.39, 0.29) is 11.8 Å². The van der Waals surface area contributed by atoms with Crippen LogP contribution in [0.2, 0.25) is 0 Å². The van der Waals surface area contributed by atoms with Gasteiger partial charge in [-0.2, -0.15) is 0 Å². The summed E-state index contributed by atoms with van der Waals surface area (Å²) in [6, 6.07) is 15.2. The van der Waals surface area contributed by atoms with Crippen LogP contribution in [0.4, 0.5) is 0 Å². The number of hydrogen-bond acceptors (Lipinski definition) is 3. The van der Waals surface area contributed by atoms with Crippen molar-refractivity contribution >= 4 is 27.7 Å². The van der Waals surface area contributed by atoms with Crippen molar-refractivity contribution in [2.24, 2.45) is 0 Å². The smallest absolute Gasteiger partial charge is 0.253 e. The molecule has 28 heavy (non-hydrogen) atoms. The maximum atomic E-state index is 12.6. The largest absolute Gasteiger partial charge is 0.493 e. The molecule has 2 aromatic rings. The van der Waals surface area contributed by atoms with E-state index < -0.39 is 0 Å². The van der Waals surface area contributed by atoms with Gasteiger partial charge in [0, 0.05) is 42.6 Å². The van der Waals surface area contributed by atoms with Crippen molar-refractivity contribution in [3.8, 4) is 5.75 Å². The van der Waals surface area contributed by atoms with Gasteiger partial charge in [0.1, 0.15) is 5.75 Å². The molecule has 1 heterocycles. The molecule has 148 valence electrons. The molecular formula is C22H25BrN2O3. The average Bonchev–Trinajstić information content (AvgIpc) is 2.72. The predicted octanol–water partition coefficient (Wildman–Crippen LogP) is 3.90. The number of benzene rings is 2. The second-order valence-corrected chi connectivity index (χ2v) is 7.81. The summed E-state index contributed by atoms with van der Waals surface area (Å²) in [6.45, 7) is 4.84. The molecule has 5 nitrogen and oxygen atoms in total. The van der Waals surface area contributed by atoms with Crippen LogP contribution in [0.5, 0.6) is 5.75 Å². The van der Waals surface area contributed by atoms with E-state index in [1.165, 1.54) is 0 Å². The van der Waals surface area contributed by atoms with Gasteiger partial charge in [0.25, 0.3) is 5.91 Å². The first-order valence-corrected chi connectivity index (χ1v) is 10.3. The van der Waals surface area contributed by atoms with Gasteiger partial charge in [-0.05, 0) is 49.2 Å². The summed E-state index contributed by atoms with van der Waals surface area (Å²) in [5.41, 5.74) is 1.77. The Labute approximate surface area is 174 Å². The number of piperazine rings is 1. The molecule has 0 aromatic heterocycles. The van der Waals surface area contributed by atoms with Crippen molar-refractivity contribution in [2.45, 2.75) is 19.8 Å². The number of aryl methyl sites for hydroxylation is 1. The fraction of sp³-hybridized carbons (Fsp3) is 0.364. The summed E-state index contributed by atoms with van der Waals surface area (Å²) in [4.78, 5) is 28.6. The Morgan fingerprint density at radius 3 is 2.29 bits per heavy atom. The third-order valence-electron chi connectivity index (χ3n) is 4.90. The zero-order valence-corrected chi connectivity index (χ0v) is 17.7. The molecule has 0 saturated carbocycles. The first kappa shape index (κ1) is 20.4. The normalized spacial score (nSPS) is 14.1. The number of nitrogens with zero attached hydrogens (tertiary/aromatic N) is 2. The van der Waals surface area contributed by atoms with Gasteiger partial charge in [-0.1, -0.05) is 34.1 Å². The zero-order chi connectivity index (χ0) is 19.9. The second kappa shape index (κ2) is 9.73. The monoisotopic (exact) mass is 444 g/mol. The molecule has 0 unspecified atom stereocenters. The molecule has 6 heteroatoms. The molecule has 1 fully saturated rings. The van der Waals surface area contributed by atoms with Gasteiger partial charge in [0.2, 0.25) is 5.91 Å². The lowest BCUT2D eigenvalue weighted by molar-refractivity contribution is -0.132. The van der Waals surface area contributed by atoms with Gasteiger partial charge in [0.05, 0.1) is 6.61 Å². The van der Waals surface area contributed by atoms with Crippen LogP contribution in [0.3, 0.4) is 0 Å². The highest BCUT2D eigenvalue weighted by atomic mass is 79.9. The van der Waals surface area contributed by atoms with E-state index in [1.807, 2.05) is 65.3 Å². The first-order chi connectivity index (χ1) is 13.5. The molecule has 0 N–H and O–H groups in total. The number of amides is 2. The summed E-state index contributed by atoms with van der Waals surface area (Å²) in [6.07, 6.45) is 1.15. The van der Waals surface area contributed by atoms with Gasteiger partial charge >= 0.3 is 0 Å². The lowest BCUT2D eigenvalue weighted by Crippen LogP contribution is -2.50. The van der Waals surface area contributed by atoms with Crippen molar-refractivity contribution in [2.75, 3.05) is 32.8 Å². The lowest BCUT2D eigenvalue weighted by Gasteiger charge is -2.35. The molecule has 0 bridgehead atoms. The molecular weight excluding hydrogens is 420 g/mol. The molecule has 1 aliphatic rings. The number of rotatable bonds is 6. The highest BCUT2D eigenvalue weighted by Gasteiger charge is 2.24. The third-order valence-corrected chi connectivity index (χ3v) is 5.43. The van der Waals surface area contributed by atoms with Crippen LogP contribution < -0.4 is 4.74 Å². The quantitative estimate of drug-likeness (QED) is 0.634. The SMILES string of the molecule is Cc1ccccc1OCCCC(=O)N1CCN(C(=O)c2ccc(Br)cc2)CC1. The minimum atomic E-state index is 0.0197. The van der Waals surface area contributed by atoms with Crippen LogP contribution in [-0.2, 0) is 4.79 Å². The van der Waals surface area contributed by atoms with Crippen molar-refractivity contribution in [3.05, 3.63) is 64.1 Å². The molecule has 3 rings (SSSR count). The molecule has 0 aliphatic carbocycles. The molecule has 1 aliphatic heterocycles. The van der Waals surface area contributed by atoms with E-state index in [9.17, 15) is 9.59 Å². The molecule has 0 spiro atoms. The summed E-state index contributed by atoms with van der Waals surface area (Å²) < 4.78 is 6.70. The highest BCUT2D eigenvalue weighted by molar-refractivity contribution is 9.10. The lowest BCUT2D eigenvalue weighted by atomic mass is 10.1. The van der Waals surface area contributed by atoms with Crippen molar-refractivity contribution in [1.29, 1.82) is 0 Å². The maximum absolute atomic E-state index is 12.6. The topological polar surface area (TPSA) is 49.9 Å². The zero-order valence-electron chi connectivity index (χ0n) is 16.1.